The van der Waals surface area contributed by atoms with Crippen LogP contribution in [-0.2, 0) is 28.5 Å². The molecule has 2 aliphatic rings. The number of sulfonamides is 1. The van der Waals surface area contributed by atoms with Gasteiger partial charge in [-0.1, -0.05) is 24.3 Å². The third kappa shape index (κ3) is 4.12. The van der Waals surface area contributed by atoms with Crippen LogP contribution in [0.25, 0.3) is 11.1 Å². The topological polar surface area (TPSA) is 81.2 Å². The van der Waals surface area contributed by atoms with E-state index in [1.165, 1.54) is 12.3 Å². The lowest BCUT2D eigenvalue weighted by Gasteiger charge is -2.29. The quantitative estimate of drug-likeness (QED) is 0.639. The van der Waals surface area contributed by atoms with Crippen molar-refractivity contribution in [3.05, 3.63) is 77.6 Å². The van der Waals surface area contributed by atoms with E-state index in [9.17, 15) is 12.8 Å². The van der Waals surface area contributed by atoms with Crippen LogP contribution in [0.4, 0.5) is 4.39 Å². The lowest BCUT2D eigenvalue weighted by atomic mass is 9.78. The summed E-state index contributed by atoms with van der Waals surface area (Å²) in [4.78, 5) is 9.40. The molecule has 1 aliphatic carbocycles. The predicted molar refractivity (Wildman–Crippen MR) is 119 cm³/mol. The van der Waals surface area contributed by atoms with Crippen LogP contribution in [0.15, 0.2) is 54.7 Å². The van der Waals surface area contributed by atoms with Crippen molar-refractivity contribution in [1.82, 2.24) is 14.7 Å². The van der Waals surface area contributed by atoms with Crippen molar-refractivity contribution < 1.29 is 17.5 Å². The lowest BCUT2D eigenvalue weighted by Crippen LogP contribution is -2.36. The molecular formula is C24H24FN3O3S. The van der Waals surface area contributed by atoms with E-state index in [0.29, 0.717) is 42.0 Å². The number of aromatic nitrogens is 2. The first-order valence-corrected chi connectivity index (χ1v) is 12.5. The van der Waals surface area contributed by atoms with Gasteiger partial charge >= 0.3 is 0 Å². The largest absolute Gasteiger partial charge is 0.487 e. The SMILES string of the molecule is CS(=O)(=O)N[C@H]1CC[C@@]2(Cc3ccc(F)c(c3)-c3ccccc3OCc3ccnc2n3)C1. The Balaban J connectivity index is 1.63. The average molecular weight is 454 g/mol. The summed E-state index contributed by atoms with van der Waals surface area (Å²) in [5.74, 6) is 0.960. The summed E-state index contributed by atoms with van der Waals surface area (Å²) in [5.41, 5.74) is 2.41. The molecule has 32 heavy (non-hydrogen) atoms. The second-order valence-corrected chi connectivity index (χ2v) is 10.5. The van der Waals surface area contributed by atoms with Crippen molar-refractivity contribution in [2.45, 2.75) is 43.7 Å². The molecule has 1 saturated carbocycles. The van der Waals surface area contributed by atoms with E-state index in [1.807, 2.05) is 36.4 Å². The summed E-state index contributed by atoms with van der Waals surface area (Å²) in [5, 5.41) is 0. The minimum atomic E-state index is -3.33. The molecule has 1 spiro atoms. The van der Waals surface area contributed by atoms with Crippen molar-refractivity contribution in [2.24, 2.45) is 0 Å². The number of ether oxygens (including phenoxy) is 1. The minimum Gasteiger partial charge on any atom is -0.487 e. The Morgan fingerprint density at radius 3 is 2.84 bits per heavy atom. The first-order valence-electron chi connectivity index (χ1n) is 10.6. The maximum Gasteiger partial charge on any atom is 0.208 e. The molecule has 8 heteroatoms. The first-order chi connectivity index (χ1) is 15.3. The number of hydrogen-bond donors (Lipinski definition) is 1. The van der Waals surface area contributed by atoms with Crippen molar-refractivity contribution in [1.29, 1.82) is 0 Å². The van der Waals surface area contributed by atoms with E-state index in [1.54, 1.807) is 12.3 Å². The fourth-order valence-electron chi connectivity index (χ4n) is 4.95. The summed E-state index contributed by atoms with van der Waals surface area (Å²) < 4.78 is 47.3. The van der Waals surface area contributed by atoms with Crippen molar-refractivity contribution in [2.75, 3.05) is 6.26 Å². The van der Waals surface area contributed by atoms with Gasteiger partial charge < -0.3 is 4.74 Å². The molecule has 6 nitrogen and oxygen atoms in total. The summed E-state index contributed by atoms with van der Waals surface area (Å²) in [6.45, 7) is 0.231. The van der Waals surface area contributed by atoms with Gasteiger partial charge in [0, 0.05) is 28.8 Å². The van der Waals surface area contributed by atoms with E-state index in [-0.39, 0.29) is 18.5 Å². The van der Waals surface area contributed by atoms with Crippen LogP contribution in [0, 0.1) is 5.82 Å². The Bertz CT molecular complexity index is 1280. The van der Waals surface area contributed by atoms with Crippen LogP contribution in [0.5, 0.6) is 5.75 Å². The second kappa shape index (κ2) is 7.94. The zero-order chi connectivity index (χ0) is 22.3. The highest BCUT2D eigenvalue weighted by Crippen LogP contribution is 2.44. The number of hydrogen-bond acceptors (Lipinski definition) is 5. The zero-order valence-electron chi connectivity index (χ0n) is 17.7. The molecule has 0 amide bonds. The van der Waals surface area contributed by atoms with Crippen molar-refractivity contribution in [3.8, 4) is 16.9 Å². The smallest absolute Gasteiger partial charge is 0.208 e. The summed E-state index contributed by atoms with van der Waals surface area (Å²) in [7, 11) is -3.33. The molecule has 4 bridgehead atoms. The molecule has 2 atom stereocenters. The molecule has 0 saturated heterocycles. The molecule has 1 fully saturated rings. The van der Waals surface area contributed by atoms with Gasteiger partial charge in [0.15, 0.2) is 0 Å². The Morgan fingerprint density at radius 1 is 1.16 bits per heavy atom. The van der Waals surface area contributed by atoms with Gasteiger partial charge in [-0.15, -0.1) is 0 Å². The average Bonchev–Trinajstić information content (AvgIpc) is 3.15. The molecule has 2 heterocycles. The van der Waals surface area contributed by atoms with Gasteiger partial charge in [0.05, 0.1) is 11.9 Å². The molecular weight excluding hydrogens is 429 g/mol. The number of benzene rings is 2. The summed E-state index contributed by atoms with van der Waals surface area (Å²) in [6.07, 6.45) is 5.50. The van der Waals surface area contributed by atoms with Crippen LogP contribution in [-0.4, -0.2) is 30.7 Å². The number of halogens is 1. The van der Waals surface area contributed by atoms with Gasteiger partial charge in [0.25, 0.3) is 0 Å². The van der Waals surface area contributed by atoms with Crippen molar-refractivity contribution >= 4 is 10.0 Å². The molecule has 166 valence electrons. The molecule has 1 aliphatic heterocycles. The fourth-order valence-corrected chi connectivity index (χ4v) is 5.76. The Labute approximate surface area is 186 Å². The van der Waals surface area contributed by atoms with Gasteiger partial charge in [0.1, 0.15) is 24.0 Å². The molecule has 1 aromatic heterocycles. The molecule has 2 aromatic carbocycles. The van der Waals surface area contributed by atoms with Gasteiger partial charge in [-0.05, 0) is 55.5 Å². The molecule has 5 rings (SSSR count). The maximum absolute atomic E-state index is 14.9. The highest BCUT2D eigenvalue weighted by molar-refractivity contribution is 7.88. The highest BCUT2D eigenvalue weighted by Gasteiger charge is 2.44. The lowest BCUT2D eigenvalue weighted by molar-refractivity contribution is 0.299. The van der Waals surface area contributed by atoms with Crippen LogP contribution in [0.3, 0.4) is 0 Å². The van der Waals surface area contributed by atoms with Crippen LogP contribution >= 0.6 is 0 Å². The second-order valence-electron chi connectivity index (χ2n) is 8.76. The monoisotopic (exact) mass is 453 g/mol. The van der Waals surface area contributed by atoms with Gasteiger partial charge in [-0.2, -0.15) is 0 Å². The third-order valence-electron chi connectivity index (χ3n) is 6.30. The van der Waals surface area contributed by atoms with Crippen molar-refractivity contribution in [3.63, 3.8) is 0 Å². The Kier molecular flexibility index (Phi) is 5.22. The number of fused-ring (bicyclic) bond motifs is 7. The number of para-hydroxylation sites is 1. The molecule has 0 radical (unpaired) electrons. The molecule has 0 unspecified atom stereocenters. The third-order valence-corrected chi connectivity index (χ3v) is 7.06. The standard InChI is InChI=1S/C24H24FN3O3S/c1-32(29,30)28-17-8-10-24(14-17)13-16-6-7-21(25)20(12-16)19-4-2-3-5-22(19)31-15-18-9-11-26-23(24)27-18/h2-7,9,11-12,17,28H,8,10,13-15H2,1H3/t17-,24+/m0/s1. The minimum absolute atomic E-state index is 0.193. The normalized spacial score (nSPS) is 22.5. The molecule has 1 N–H and O–H groups in total. The van der Waals surface area contributed by atoms with Gasteiger partial charge in [-0.3, -0.25) is 0 Å². The van der Waals surface area contributed by atoms with E-state index >= 15 is 0 Å². The number of rotatable bonds is 2. The van der Waals surface area contributed by atoms with Gasteiger partial charge in [0.2, 0.25) is 10.0 Å². The number of nitrogens with zero attached hydrogens (tertiary/aromatic N) is 2. The van der Waals surface area contributed by atoms with Crippen LogP contribution < -0.4 is 9.46 Å². The van der Waals surface area contributed by atoms with E-state index in [0.717, 1.165) is 17.7 Å². The summed E-state index contributed by atoms with van der Waals surface area (Å²) in [6, 6.07) is 14.2. The van der Waals surface area contributed by atoms with E-state index in [4.69, 9.17) is 9.72 Å². The molecule has 3 aromatic rings. The van der Waals surface area contributed by atoms with Gasteiger partial charge in [-0.25, -0.2) is 27.5 Å². The number of nitrogens with one attached hydrogen (secondary N) is 1. The first kappa shape index (κ1) is 21.0. The maximum atomic E-state index is 14.9. The zero-order valence-corrected chi connectivity index (χ0v) is 18.5. The predicted octanol–water partition coefficient (Wildman–Crippen LogP) is 3.76. The van der Waals surface area contributed by atoms with Crippen LogP contribution in [0.2, 0.25) is 0 Å². The van der Waals surface area contributed by atoms with Crippen LogP contribution in [0.1, 0.15) is 36.3 Å². The van der Waals surface area contributed by atoms with E-state index < -0.39 is 15.4 Å². The Morgan fingerprint density at radius 2 is 2.00 bits per heavy atom. The summed E-state index contributed by atoms with van der Waals surface area (Å²) >= 11 is 0. The highest BCUT2D eigenvalue weighted by atomic mass is 32.2. The Hall–Kier alpha value is -2.84. The van der Waals surface area contributed by atoms with E-state index in [2.05, 4.69) is 9.71 Å². The fraction of sp³-hybridized carbons (Fsp3) is 0.333.